The lowest BCUT2D eigenvalue weighted by atomic mass is 10.1. The van der Waals surface area contributed by atoms with E-state index in [0.29, 0.717) is 28.7 Å². The van der Waals surface area contributed by atoms with E-state index < -0.39 is 17.8 Å². The van der Waals surface area contributed by atoms with Crippen molar-refractivity contribution in [3.05, 3.63) is 28.2 Å². The monoisotopic (exact) mass is 344 g/mol. The molecule has 0 aliphatic carbocycles. The van der Waals surface area contributed by atoms with Crippen molar-refractivity contribution in [3.63, 3.8) is 0 Å². The van der Waals surface area contributed by atoms with Crippen LogP contribution in [0.25, 0.3) is 0 Å². The molecule has 0 bridgehead atoms. The van der Waals surface area contributed by atoms with E-state index in [4.69, 9.17) is 28.3 Å². The number of nitrogens with zero attached hydrogens (tertiary/aromatic N) is 1. The average molecular weight is 345 g/mol. The summed E-state index contributed by atoms with van der Waals surface area (Å²) >= 11 is 11.8. The van der Waals surface area contributed by atoms with Crippen LogP contribution in [-0.4, -0.2) is 36.0 Å². The fourth-order valence-electron chi connectivity index (χ4n) is 2.29. The van der Waals surface area contributed by atoms with Gasteiger partial charge in [0.1, 0.15) is 5.92 Å². The highest BCUT2D eigenvalue weighted by Gasteiger charge is 2.37. The van der Waals surface area contributed by atoms with Crippen LogP contribution in [0.3, 0.4) is 0 Å². The molecule has 6 nitrogen and oxygen atoms in total. The van der Waals surface area contributed by atoms with Crippen molar-refractivity contribution in [2.24, 2.45) is 5.92 Å². The second-order valence-electron chi connectivity index (χ2n) is 4.89. The highest BCUT2D eigenvalue weighted by Crippen LogP contribution is 2.30. The number of carbonyl (C=O) groups excluding carboxylic acids is 2. The number of nitrogens with one attached hydrogen (secondary N) is 1. The first-order valence-electron chi connectivity index (χ1n) is 6.65. The van der Waals surface area contributed by atoms with Gasteiger partial charge in [-0.25, -0.2) is 0 Å². The first-order chi connectivity index (χ1) is 10.4. The third kappa shape index (κ3) is 3.90. The summed E-state index contributed by atoms with van der Waals surface area (Å²) in [5.41, 5.74) is 0.545. The molecule has 0 unspecified atom stereocenters. The molecule has 2 amide bonds. The number of rotatable bonds is 5. The number of amides is 2. The van der Waals surface area contributed by atoms with Crippen LogP contribution in [0.15, 0.2) is 18.2 Å². The number of hydrogen-bond donors (Lipinski definition) is 2. The van der Waals surface area contributed by atoms with Crippen LogP contribution in [0.5, 0.6) is 0 Å². The Hall–Kier alpha value is -1.79. The molecule has 0 spiro atoms. The summed E-state index contributed by atoms with van der Waals surface area (Å²) in [4.78, 5) is 36.1. The Morgan fingerprint density at radius 2 is 1.91 bits per heavy atom. The maximum absolute atomic E-state index is 12.3. The van der Waals surface area contributed by atoms with Crippen molar-refractivity contribution >= 4 is 46.7 Å². The topological polar surface area (TPSA) is 86.7 Å². The molecule has 118 valence electrons. The summed E-state index contributed by atoms with van der Waals surface area (Å²) in [5, 5.41) is 11.8. The molecule has 0 radical (unpaired) electrons. The maximum Gasteiger partial charge on any atom is 0.305 e. The molecule has 0 saturated carbocycles. The Morgan fingerprint density at radius 1 is 1.27 bits per heavy atom. The largest absolute Gasteiger partial charge is 0.481 e. The molecule has 1 aromatic carbocycles. The maximum atomic E-state index is 12.3. The molecule has 1 saturated heterocycles. The van der Waals surface area contributed by atoms with E-state index in [-0.39, 0.29) is 18.9 Å². The Bertz CT molecular complexity index is 601. The van der Waals surface area contributed by atoms with Crippen molar-refractivity contribution in [3.8, 4) is 0 Å². The third-order valence-corrected chi connectivity index (χ3v) is 3.76. The van der Waals surface area contributed by atoms with Crippen LogP contribution in [0.1, 0.15) is 12.8 Å². The zero-order valence-electron chi connectivity index (χ0n) is 11.5. The van der Waals surface area contributed by atoms with Gasteiger partial charge in [0.15, 0.2) is 0 Å². The Labute approximate surface area is 137 Å². The van der Waals surface area contributed by atoms with E-state index in [1.54, 1.807) is 18.2 Å². The highest BCUT2D eigenvalue weighted by atomic mass is 35.5. The van der Waals surface area contributed by atoms with E-state index in [0.717, 1.165) is 0 Å². The van der Waals surface area contributed by atoms with E-state index >= 15 is 0 Å². The van der Waals surface area contributed by atoms with Crippen LogP contribution < -0.4 is 10.2 Å². The minimum Gasteiger partial charge on any atom is -0.481 e. The molecular formula is C14H14Cl2N2O4. The quantitative estimate of drug-likeness (QED) is 0.799. The molecule has 1 aliphatic rings. The molecule has 1 fully saturated rings. The van der Waals surface area contributed by atoms with Gasteiger partial charge in [-0.1, -0.05) is 23.2 Å². The molecule has 1 heterocycles. The second kappa shape index (κ2) is 6.98. The molecule has 2 rings (SSSR count). The normalized spacial score (nSPS) is 17.6. The van der Waals surface area contributed by atoms with Gasteiger partial charge < -0.3 is 15.3 Å². The third-order valence-electron chi connectivity index (χ3n) is 3.32. The van der Waals surface area contributed by atoms with Crippen molar-refractivity contribution in [1.82, 2.24) is 5.32 Å². The molecular weight excluding hydrogens is 331 g/mol. The van der Waals surface area contributed by atoms with Crippen LogP contribution in [0, 0.1) is 5.92 Å². The van der Waals surface area contributed by atoms with Crippen molar-refractivity contribution in [2.75, 3.05) is 18.0 Å². The minimum absolute atomic E-state index is 0.000932. The number of benzene rings is 1. The van der Waals surface area contributed by atoms with Gasteiger partial charge in [-0.3, -0.25) is 14.4 Å². The molecule has 22 heavy (non-hydrogen) atoms. The number of carboxylic acids is 1. The molecule has 0 aromatic heterocycles. The van der Waals surface area contributed by atoms with E-state index in [1.807, 2.05) is 0 Å². The predicted octanol–water partition coefficient (Wildman–Crippen LogP) is 1.94. The molecule has 1 aliphatic heterocycles. The SMILES string of the molecule is O=C(O)CCNC(=O)[C@@H]1CCN(c2cc(Cl)cc(Cl)c2)C1=O. The second-order valence-corrected chi connectivity index (χ2v) is 5.77. The number of anilines is 1. The zero-order chi connectivity index (χ0) is 16.3. The lowest BCUT2D eigenvalue weighted by Crippen LogP contribution is -2.37. The Balaban J connectivity index is 2.03. The number of aliphatic carboxylic acids is 1. The first-order valence-corrected chi connectivity index (χ1v) is 7.41. The van der Waals surface area contributed by atoms with Crippen LogP contribution >= 0.6 is 23.2 Å². The van der Waals surface area contributed by atoms with E-state index in [2.05, 4.69) is 5.32 Å². The molecule has 8 heteroatoms. The number of carbonyl (C=O) groups is 3. The van der Waals surface area contributed by atoms with Gasteiger partial charge in [-0.2, -0.15) is 0 Å². The van der Waals surface area contributed by atoms with Crippen LogP contribution in [0.4, 0.5) is 5.69 Å². The lowest BCUT2D eigenvalue weighted by Gasteiger charge is -2.17. The standard InChI is InChI=1S/C14H14Cl2N2O4/c15-8-5-9(16)7-10(6-8)18-4-2-11(14(18)22)13(21)17-3-1-12(19)20/h5-7,11H,1-4H2,(H,17,21)(H,19,20)/t11-/m0/s1. The van der Waals surface area contributed by atoms with Gasteiger partial charge in [0, 0.05) is 28.8 Å². The van der Waals surface area contributed by atoms with Crippen molar-refractivity contribution in [1.29, 1.82) is 0 Å². The minimum atomic E-state index is -1.01. The van der Waals surface area contributed by atoms with E-state index in [1.165, 1.54) is 4.90 Å². The van der Waals surface area contributed by atoms with Gasteiger partial charge in [-0.15, -0.1) is 0 Å². The Morgan fingerprint density at radius 3 is 2.50 bits per heavy atom. The fourth-order valence-corrected chi connectivity index (χ4v) is 2.81. The van der Waals surface area contributed by atoms with Gasteiger partial charge in [-0.05, 0) is 24.6 Å². The highest BCUT2D eigenvalue weighted by molar-refractivity contribution is 6.35. The van der Waals surface area contributed by atoms with Gasteiger partial charge in [0.05, 0.1) is 6.42 Å². The first kappa shape index (κ1) is 16.6. The van der Waals surface area contributed by atoms with Crippen LogP contribution in [0.2, 0.25) is 10.0 Å². The zero-order valence-corrected chi connectivity index (χ0v) is 13.0. The summed E-state index contributed by atoms with van der Waals surface area (Å²) in [6, 6.07) is 4.77. The number of hydrogen-bond acceptors (Lipinski definition) is 3. The van der Waals surface area contributed by atoms with Gasteiger partial charge >= 0.3 is 5.97 Å². The summed E-state index contributed by atoms with van der Waals surface area (Å²) in [6.07, 6.45) is 0.183. The lowest BCUT2D eigenvalue weighted by molar-refractivity contribution is -0.137. The summed E-state index contributed by atoms with van der Waals surface area (Å²) in [5.74, 6) is -2.62. The number of halogens is 2. The average Bonchev–Trinajstić information content (AvgIpc) is 2.79. The van der Waals surface area contributed by atoms with E-state index in [9.17, 15) is 14.4 Å². The molecule has 2 N–H and O–H groups in total. The number of carboxylic acid groups (broad SMARTS) is 1. The molecule has 1 aromatic rings. The Kier molecular flexibility index (Phi) is 5.26. The molecule has 1 atom stereocenters. The summed E-state index contributed by atoms with van der Waals surface area (Å²) in [6.45, 7) is 0.382. The van der Waals surface area contributed by atoms with Gasteiger partial charge in [0.25, 0.3) is 0 Å². The fraction of sp³-hybridized carbons (Fsp3) is 0.357. The van der Waals surface area contributed by atoms with Crippen molar-refractivity contribution < 1.29 is 19.5 Å². The summed E-state index contributed by atoms with van der Waals surface area (Å²) < 4.78 is 0. The summed E-state index contributed by atoms with van der Waals surface area (Å²) in [7, 11) is 0. The predicted molar refractivity (Wildman–Crippen MR) is 82.2 cm³/mol. The van der Waals surface area contributed by atoms with Crippen LogP contribution in [-0.2, 0) is 14.4 Å². The van der Waals surface area contributed by atoms with Gasteiger partial charge in [0.2, 0.25) is 11.8 Å². The smallest absolute Gasteiger partial charge is 0.305 e. The van der Waals surface area contributed by atoms with Crippen molar-refractivity contribution in [2.45, 2.75) is 12.8 Å².